The molecule has 2 saturated heterocycles. The summed E-state index contributed by atoms with van der Waals surface area (Å²) in [5.74, 6) is -3.74. The molecule has 3 aliphatic carbocycles. The lowest BCUT2D eigenvalue weighted by molar-refractivity contribution is -0.144. The van der Waals surface area contributed by atoms with E-state index in [1.165, 1.54) is 9.80 Å². The van der Waals surface area contributed by atoms with Crippen LogP contribution in [0, 0.1) is 35.0 Å². The molecular weight excluding hydrogens is 616 g/mol. The molecule has 246 valence electrons. The van der Waals surface area contributed by atoms with Crippen molar-refractivity contribution in [3.8, 4) is 11.5 Å². The third kappa shape index (κ3) is 4.50. The zero-order valence-corrected chi connectivity index (χ0v) is 27.5. The molecule has 5 aliphatic rings. The number of carbonyl (C=O) groups is 4. The molecule has 49 heavy (non-hydrogen) atoms. The number of hydrogen-bond acceptors (Lipinski definition) is 6. The van der Waals surface area contributed by atoms with Gasteiger partial charge in [0.25, 0.3) is 0 Å². The monoisotopic (exact) mass is 652 g/mol. The second-order valence-corrected chi connectivity index (χ2v) is 13.6. The molecule has 2 heterocycles. The minimum absolute atomic E-state index is 0.0968. The van der Waals surface area contributed by atoms with Crippen molar-refractivity contribution in [3.63, 3.8) is 0 Å². The lowest BCUT2D eigenvalue weighted by atomic mass is 9.41. The van der Waals surface area contributed by atoms with Crippen LogP contribution in [0.2, 0.25) is 0 Å². The van der Waals surface area contributed by atoms with Crippen molar-refractivity contribution in [3.05, 3.63) is 131 Å². The molecule has 2 aliphatic heterocycles. The number of benzene rings is 4. The highest BCUT2D eigenvalue weighted by Gasteiger charge is 2.76. The van der Waals surface area contributed by atoms with Gasteiger partial charge in [0.05, 0.1) is 51.0 Å². The Hall–Kier alpha value is -5.50. The fourth-order valence-electron chi connectivity index (χ4n) is 9.19. The number of ether oxygens (including phenoxy) is 2. The van der Waals surface area contributed by atoms with Gasteiger partial charge in [-0.3, -0.25) is 29.0 Å². The van der Waals surface area contributed by atoms with Gasteiger partial charge in [-0.15, -0.1) is 0 Å². The summed E-state index contributed by atoms with van der Waals surface area (Å²) < 4.78 is 10.6. The smallest absolute Gasteiger partial charge is 0.234 e. The van der Waals surface area contributed by atoms with Crippen molar-refractivity contribution in [1.82, 2.24) is 9.80 Å². The molecule has 4 aromatic rings. The lowest BCUT2D eigenvalue weighted by Gasteiger charge is -2.57. The van der Waals surface area contributed by atoms with Crippen LogP contribution in [0.15, 0.2) is 109 Å². The standard InChI is InChI=1S/C41H36N2O6/c1-41-34(27-12-8-5-9-13-27)30(26-10-6-4-7-11-26)31(32-35(41)39(46)42(37(32)44)22-24-14-18-28(48-2)19-15-24)33-36(41)40(47)43(38(33)45)23-25-16-20-29(49-3)21-17-25/h4-21,31-33,35-36H,22-23H2,1-3H3. The number of nitrogens with zero attached hydrogens (tertiary/aromatic N) is 2. The molecule has 4 amide bonds. The van der Waals surface area contributed by atoms with Crippen molar-refractivity contribution >= 4 is 34.8 Å². The average Bonchev–Trinajstić information content (AvgIpc) is 3.55. The number of allylic oxidation sites excluding steroid dienone is 2. The SMILES string of the molecule is COc1ccc(CN2C(=O)C3C4C(c5ccccc5)=C(c5ccccc5)C(C)(C3C2=O)C2C(=O)N(Cc3ccc(OC)cc3)C(=O)C42)cc1. The van der Waals surface area contributed by atoms with E-state index in [-0.39, 0.29) is 36.7 Å². The molecule has 1 saturated carbocycles. The van der Waals surface area contributed by atoms with Crippen LogP contribution >= 0.6 is 0 Å². The zero-order chi connectivity index (χ0) is 34.0. The predicted octanol–water partition coefficient (Wildman–Crippen LogP) is 5.87. The van der Waals surface area contributed by atoms with Gasteiger partial charge in [-0.25, -0.2) is 0 Å². The van der Waals surface area contributed by atoms with E-state index in [1.54, 1.807) is 38.5 Å². The van der Waals surface area contributed by atoms with Crippen LogP contribution in [-0.2, 0) is 32.3 Å². The van der Waals surface area contributed by atoms with Crippen LogP contribution in [0.1, 0.15) is 29.2 Å². The van der Waals surface area contributed by atoms with E-state index in [4.69, 9.17) is 9.47 Å². The number of amides is 4. The van der Waals surface area contributed by atoms with Gasteiger partial charge < -0.3 is 9.47 Å². The Bertz CT molecular complexity index is 1910. The summed E-state index contributed by atoms with van der Waals surface area (Å²) in [5.41, 5.74) is 3.93. The van der Waals surface area contributed by atoms with Gasteiger partial charge in [-0.05, 0) is 57.7 Å². The normalized spacial score (nSPS) is 27.1. The van der Waals surface area contributed by atoms with Crippen molar-refractivity contribution in [2.24, 2.45) is 35.0 Å². The van der Waals surface area contributed by atoms with Crippen molar-refractivity contribution < 1.29 is 28.7 Å². The first-order valence-electron chi connectivity index (χ1n) is 16.6. The van der Waals surface area contributed by atoms with E-state index in [1.807, 2.05) is 91.9 Å². The minimum Gasteiger partial charge on any atom is -0.497 e. The summed E-state index contributed by atoms with van der Waals surface area (Å²) in [7, 11) is 3.17. The van der Waals surface area contributed by atoms with Gasteiger partial charge in [0.15, 0.2) is 0 Å². The number of methoxy groups -OCH3 is 2. The largest absolute Gasteiger partial charge is 0.497 e. The zero-order valence-electron chi connectivity index (χ0n) is 27.5. The van der Waals surface area contributed by atoms with E-state index in [9.17, 15) is 19.2 Å². The number of rotatable bonds is 8. The number of hydrogen-bond donors (Lipinski definition) is 0. The maximum atomic E-state index is 14.7. The Morgan fingerprint density at radius 3 is 1.35 bits per heavy atom. The number of imide groups is 2. The van der Waals surface area contributed by atoms with Crippen LogP contribution < -0.4 is 9.47 Å². The number of carbonyl (C=O) groups excluding carboxylic acids is 4. The molecule has 2 bridgehead atoms. The Morgan fingerprint density at radius 2 is 0.939 bits per heavy atom. The highest BCUT2D eigenvalue weighted by atomic mass is 16.5. The van der Waals surface area contributed by atoms with E-state index in [2.05, 4.69) is 0 Å². The summed E-state index contributed by atoms with van der Waals surface area (Å²) >= 11 is 0. The Labute approximate surface area is 284 Å². The first kappa shape index (κ1) is 30.8. The van der Waals surface area contributed by atoms with Crippen LogP contribution in [0.3, 0.4) is 0 Å². The molecule has 4 atom stereocenters. The summed E-state index contributed by atoms with van der Waals surface area (Å²) in [4.78, 5) is 61.5. The van der Waals surface area contributed by atoms with E-state index >= 15 is 0 Å². The topological polar surface area (TPSA) is 93.2 Å². The maximum Gasteiger partial charge on any atom is 0.234 e. The Morgan fingerprint density at radius 1 is 0.531 bits per heavy atom. The molecule has 3 fully saturated rings. The molecule has 0 aromatic heterocycles. The summed E-state index contributed by atoms with van der Waals surface area (Å²) in [6.45, 7) is 2.15. The summed E-state index contributed by atoms with van der Waals surface area (Å²) in [6, 6.07) is 34.3. The van der Waals surface area contributed by atoms with Crippen molar-refractivity contribution in [1.29, 1.82) is 0 Å². The Kier molecular flexibility index (Phi) is 7.28. The van der Waals surface area contributed by atoms with Gasteiger partial charge in [0.2, 0.25) is 23.6 Å². The molecule has 0 radical (unpaired) electrons. The van der Waals surface area contributed by atoms with Crippen LogP contribution in [-0.4, -0.2) is 47.6 Å². The van der Waals surface area contributed by atoms with E-state index in [0.29, 0.717) is 11.5 Å². The minimum atomic E-state index is -1.15. The van der Waals surface area contributed by atoms with Crippen LogP contribution in [0.4, 0.5) is 0 Å². The third-order valence-corrected chi connectivity index (χ3v) is 11.2. The third-order valence-electron chi connectivity index (χ3n) is 11.2. The highest BCUT2D eigenvalue weighted by Crippen LogP contribution is 2.72. The predicted molar refractivity (Wildman–Crippen MR) is 182 cm³/mol. The average molecular weight is 653 g/mol. The molecule has 0 spiro atoms. The molecule has 8 heteroatoms. The van der Waals surface area contributed by atoms with Gasteiger partial charge in [-0.1, -0.05) is 91.9 Å². The second kappa shape index (κ2) is 11.6. The molecule has 4 aromatic carbocycles. The van der Waals surface area contributed by atoms with E-state index in [0.717, 1.165) is 33.4 Å². The van der Waals surface area contributed by atoms with Gasteiger partial charge >= 0.3 is 0 Å². The van der Waals surface area contributed by atoms with Crippen LogP contribution in [0.5, 0.6) is 11.5 Å². The summed E-state index contributed by atoms with van der Waals surface area (Å²) in [5, 5.41) is 0. The maximum absolute atomic E-state index is 14.7. The lowest BCUT2D eigenvalue weighted by Crippen LogP contribution is -2.59. The van der Waals surface area contributed by atoms with E-state index < -0.39 is 35.0 Å². The second-order valence-electron chi connectivity index (χ2n) is 13.6. The fraction of sp³-hybridized carbons (Fsp3) is 0.268. The summed E-state index contributed by atoms with van der Waals surface area (Å²) in [6.07, 6.45) is 0. The quantitative estimate of drug-likeness (QED) is 0.221. The first-order valence-corrected chi connectivity index (χ1v) is 16.6. The number of likely N-dealkylation sites (tertiary alicyclic amines) is 2. The molecule has 9 rings (SSSR count). The molecule has 0 N–H and O–H groups in total. The van der Waals surface area contributed by atoms with Crippen molar-refractivity contribution in [2.75, 3.05) is 14.2 Å². The van der Waals surface area contributed by atoms with Gasteiger partial charge in [-0.2, -0.15) is 0 Å². The van der Waals surface area contributed by atoms with Gasteiger partial charge in [0.1, 0.15) is 11.5 Å². The van der Waals surface area contributed by atoms with Crippen LogP contribution in [0.25, 0.3) is 11.1 Å². The first-order chi connectivity index (χ1) is 23.8. The molecule has 4 unspecified atom stereocenters. The fourth-order valence-corrected chi connectivity index (χ4v) is 9.19. The van der Waals surface area contributed by atoms with Gasteiger partial charge in [0, 0.05) is 11.3 Å². The van der Waals surface area contributed by atoms with Crippen molar-refractivity contribution in [2.45, 2.75) is 20.0 Å². The molecular formula is C41H36N2O6. The highest BCUT2D eigenvalue weighted by molar-refractivity contribution is 6.17. The Balaban J connectivity index is 1.30. The molecule has 8 nitrogen and oxygen atoms in total.